The lowest BCUT2D eigenvalue weighted by Crippen LogP contribution is -2.53. The number of nitrogens with two attached hydrogens (primary N) is 1. The van der Waals surface area contributed by atoms with Crippen LogP contribution in [0.3, 0.4) is 0 Å². The van der Waals surface area contributed by atoms with E-state index in [0.717, 1.165) is 12.8 Å². The number of esters is 1. The summed E-state index contributed by atoms with van der Waals surface area (Å²) >= 11 is 0. The average Bonchev–Trinajstić information content (AvgIpc) is 3.45. The van der Waals surface area contributed by atoms with Gasteiger partial charge in [-0.25, -0.2) is 4.79 Å². The number of hydrogen-bond acceptors (Lipinski definition) is 8. The number of ether oxygens (including phenoxy) is 3. The SMILES string of the molecule is COC(=O)C1=C(N)Oc2cc(C)n(CCN(C)C)c(=O)c2C12C(=O)N(CC1CCCO1)c1ccccc12. The van der Waals surface area contributed by atoms with Crippen molar-refractivity contribution in [1.82, 2.24) is 9.47 Å². The number of carbonyl (C=O) groups excluding carboxylic acids is 2. The fourth-order valence-corrected chi connectivity index (χ4v) is 5.69. The van der Waals surface area contributed by atoms with Crippen LogP contribution in [0.2, 0.25) is 0 Å². The summed E-state index contributed by atoms with van der Waals surface area (Å²) in [5.41, 5.74) is 5.75. The fraction of sp³-hybridized carbons (Fsp3) is 0.444. The molecule has 0 saturated carbocycles. The van der Waals surface area contributed by atoms with Crippen molar-refractivity contribution in [1.29, 1.82) is 0 Å². The van der Waals surface area contributed by atoms with Crippen LogP contribution >= 0.6 is 0 Å². The Morgan fingerprint density at radius 2 is 2.03 bits per heavy atom. The van der Waals surface area contributed by atoms with Crippen LogP contribution in [0.5, 0.6) is 5.75 Å². The van der Waals surface area contributed by atoms with Crippen LogP contribution in [-0.2, 0) is 31.0 Å². The first-order chi connectivity index (χ1) is 17.7. The van der Waals surface area contributed by atoms with Crippen LogP contribution in [0.4, 0.5) is 5.69 Å². The van der Waals surface area contributed by atoms with E-state index < -0.39 is 22.9 Å². The number of pyridine rings is 1. The van der Waals surface area contributed by atoms with Crippen LogP contribution < -0.4 is 20.9 Å². The first-order valence-corrected chi connectivity index (χ1v) is 12.4. The summed E-state index contributed by atoms with van der Waals surface area (Å²) in [5.74, 6) is -1.37. The van der Waals surface area contributed by atoms with Gasteiger partial charge in [0.05, 0.1) is 25.3 Å². The lowest BCUT2D eigenvalue weighted by Gasteiger charge is -2.36. The Labute approximate surface area is 215 Å². The lowest BCUT2D eigenvalue weighted by molar-refractivity contribution is -0.138. The van der Waals surface area contributed by atoms with Gasteiger partial charge in [0.1, 0.15) is 16.7 Å². The van der Waals surface area contributed by atoms with E-state index in [4.69, 9.17) is 19.9 Å². The molecule has 4 heterocycles. The number of fused-ring (bicyclic) bond motifs is 4. The lowest BCUT2D eigenvalue weighted by atomic mass is 9.68. The zero-order chi connectivity index (χ0) is 26.5. The second-order valence-electron chi connectivity index (χ2n) is 9.94. The highest BCUT2D eigenvalue weighted by Crippen LogP contribution is 2.54. The molecule has 196 valence electrons. The molecule has 2 aromatic rings. The van der Waals surface area contributed by atoms with Gasteiger partial charge < -0.3 is 34.3 Å². The van der Waals surface area contributed by atoms with Crippen molar-refractivity contribution < 1.29 is 23.8 Å². The number of aromatic nitrogens is 1. The summed E-state index contributed by atoms with van der Waals surface area (Å²) < 4.78 is 18.4. The number of methoxy groups -OCH3 is 1. The Morgan fingerprint density at radius 1 is 1.27 bits per heavy atom. The van der Waals surface area contributed by atoms with E-state index in [9.17, 15) is 14.4 Å². The number of aryl methyl sites for hydroxylation is 1. The van der Waals surface area contributed by atoms with Crippen molar-refractivity contribution in [3.8, 4) is 5.75 Å². The largest absolute Gasteiger partial charge is 0.465 e. The molecule has 1 saturated heterocycles. The summed E-state index contributed by atoms with van der Waals surface area (Å²) in [4.78, 5) is 45.7. The van der Waals surface area contributed by atoms with E-state index in [1.54, 1.807) is 34.6 Å². The molecule has 2 N–H and O–H groups in total. The Kier molecular flexibility index (Phi) is 6.33. The second-order valence-corrected chi connectivity index (χ2v) is 9.94. The molecule has 0 aliphatic carbocycles. The molecule has 5 rings (SSSR count). The summed E-state index contributed by atoms with van der Waals surface area (Å²) in [6.07, 6.45) is 1.58. The maximum Gasteiger partial charge on any atom is 0.340 e. The molecular formula is C27H32N4O6. The molecule has 1 aromatic heterocycles. The van der Waals surface area contributed by atoms with Gasteiger partial charge in [0, 0.05) is 42.7 Å². The molecule has 1 amide bonds. The van der Waals surface area contributed by atoms with E-state index >= 15 is 0 Å². The molecule has 3 aliphatic heterocycles. The van der Waals surface area contributed by atoms with Gasteiger partial charge in [-0.2, -0.15) is 0 Å². The quantitative estimate of drug-likeness (QED) is 0.580. The minimum absolute atomic E-state index is 0.0683. The number of anilines is 1. The number of likely N-dealkylation sites (N-methyl/N-ethyl adjacent to an activating group) is 1. The summed E-state index contributed by atoms with van der Waals surface area (Å²) in [7, 11) is 5.05. The van der Waals surface area contributed by atoms with Crippen molar-refractivity contribution in [2.75, 3.05) is 45.8 Å². The Morgan fingerprint density at radius 3 is 2.70 bits per heavy atom. The number of nitrogens with zero attached hydrogens (tertiary/aromatic N) is 3. The van der Waals surface area contributed by atoms with Crippen molar-refractivity contribution >= 4 is 17.6 Å². The Balaban J connectivity index is 1.81. The highest BCUT2D eigenvalue weighted by atomic mass is 16.5. The van der Waals surface area contributed by atoms with E-state index in [2.05, 4.69) is 0 Å². The third-order valence-electron chi connectivity index (χ3n) is 7.42. The van der Waals surface area contributed by atoms with E-state index in [1.165, 1.54) is 7.11 Å². The van der Waals surface area contributed by atoms with Gasteiger partial charge in [-0.3, -0.25) is 9.59 Å². The Bertz CT molecular complexity index is 1360. The number of para-hydroxylation sites is 1. The first kappa shape index (κ1) is 25.0. The monoisotopic (exact) mass is 508 g/mol. The van der Waals surface area contributed by atoms with Gasteiger partial charge in [-0.05, 0) is 39.9 Å². The van der Waals surface area contributed by atoms with E-state index in [-0.39, 0.29) is 28.9 Å². The minimum Gasteiger partial charge on any atom is -0.465 e. The van der Waals surface area contributed by atoms with Crippen molar-refractivity contribution in [3.05, 3.63) is 69.0 Å². The predicted octanol–water partition coefficient (Wildman–Crippen LogP) is 1.27. The Hall–Kier alpha value is -3.63. The summed E-state index contributed by atoms with van der Waals surface area (Å²) in [5, 5.41) is 0. The zero-order valence-electron chi connectivity index (χ0n) is 21.6. The van der Waals surface area contributed by atoms with Crippen LogP contribution in [0.15, 0.2) is 46.6 Å². The van der Waals surface area contributed by atoms with Crippen molar-refractivity contribution in [2.45, 2.75) is 37.8 Å². The topological polar surface area (TPSA) is 116 Å². The van der Waals surface area contributed by atoms with E-state index in [1.807, 2.05) is 31.1 Å². The normalized spacial score (nSPS) is 22.5. The molecule has 3 aliphatic rings. The number of carbonyl (C=O) groups is 2. The molecular weight excluding hydrogens is 476 g/mol. The maximum absolute atomic E-state index is 14.6. The zero-order valence-corrected chi connectivity index (χ0v) is 21.6. The van der Waals surface area contributed by atoms with Gasteiger partial charge in [-0.15, -0.1) is 0 Å². The molecule has 1 fully saturated rings. The van der Waals surface area contributed by atoms with Gasteiger partial charge in [-0.1, -0.05) is 18.2 Å². The van der Waals surface area contributed by atoms with Gasteiger partial charge in [0.25, 0.3) is 5.56 Å². The summed E-state index contributed by atoms with van der Waals surface area (Å²) in [6.45, 7) is 3.72. The second kappa shape index (κ2) is 9.35. The van der Waals surface area contributed by atoms with Crippen molar-refractivity contribution in [2.24, 2.45) is 5.73 Å². The van der Waals surface area contributed by atoms with Gasteiger partial charge in [0.15, 0.2) is 0 Å². The standard InChI is InChI=1S/C27H32N4O6/c1-16-14-20-21(24(32)30(16)12-11-29(2)3)27(22(23(28)37-20)25(33)35-4)18-9-5-6-10-19(18)31(26(27)34)15-17-8-7-13-36-17/h5-6,9-10,14,17H,7-8,11-13,15,28H2,1-4H3. The van der Waals surface area contributed by atoms with Crippen LogP contribution in [0, 0.1) is 6.92 Å². The average molecular weight is 509 g/mol. The van der Waals surface area contributed by atoms with Gasteiger partial charge in [0.2, 0.25) is 11.8 Å². The molecule has 1 spiro atoms. The molecule has 2 unspecified atom stereocenters. The predicted molar refractivity (Wildman–Crippen MR) is 136 cm³/mol. The molecule has 1 aromatic carbocycles. The number of benzene rings is 1. The third-order valence-corrected chi connectivity index (χ3v) is 7.42. The number of amides is 1. The van der Waals surface area contributed by atoms with Gasteiger partial charge >= 0.3 is 5.97 Å². The molecule has 0 bridgehead atoms. The third kappa shape index (κ3) is 3.74. The molecule has 2 atom stereocenters. The highest BCUT2D eigenvalue weighted by molar-refractivity contribution is 6.18. The molecule has 10 heteroatoms. The number of rotatable bonds is 6. The maximum atomic E-state index is 14.6. The van der Waals surface area contributed by atoms with Crippen LogP contribution in [0.25, 0.3) is 0 Å². The molecule has 37 heavy (non-hydrogen) atoms. The fourth-order valence-electron chi connectivity index (χ4n) is 5.69. The molecule has 0 radical (unpaired) electrons. The minimum atomic E-state index is -1.81. The summed E-state index contributed by atoms with van der Waals surface area (Å²) in [6, 6.07) is 8.88. The molecule has 10 nitrogen and oxygen atoms in total. The smallest absolute Gasteiger partial charge is 0.340 e. The van der Waals surface area contributed by atoms with E-state index in [0.29, 0.717) is 43.2 Å². The first-order valence-electron chi connectivity index (χ1n) is 12.4. The highest BCUT2D eigenvalue weighted by Gasteiger charge is 2.62. The number of hydrogen-bond donors (Lipinski definition) is 1. The van der Waals surface area contributed by atoms with Crippen LogP contribution in [0.1, 0.15) is 29.7 Å². The van der Waals surface area contributed by atoms with Crippen LogP contribution in [-0.4, -0.2) is 68.3 Å². The van der Waals surface area contributed by atoms with Crippen molar-refractivity contribution in [3.63, 3.8) is 0 Å².